The Morgan fingerprint density at radius 3 is 2.81 bits per heavy atom. The van der Waals surface area contributed by atoms with Gasteiger partial charge >= 0.3 is 0 Å². The number of pyridine rings is 1. The van der Waals surface area contributed by atoms with Crippen molar-refractivity contribution in [3.8, 4) is 5.75 Å². The van der Waals surface area contributed by atoms with Gasteiger partial charge in [-0.2, -0.15) is 0 Å². The molecule has 0 radical (unpaired) electrons. The van der Waals surface area contributed by atoms with Gasteiger partial charge in [-0.05, 0) is 46.6 Å². The topological polar surface area (TPSA) is 145 Å². The third-order valence-electron chi connectivity index (χ3n) is 6.01. The monoisotopic (exact) mass is 502 g/mol. The summed E-state index contributed by atoms with van der Waals surface area (Å²) in [5.41, 5.74) is 8.49. The third-order valence-corrected chi connectivity index (χ3v) is 6.65. The van der Waals surface area contributed by atoms with Crippen molar-refractivity contribution < 1.29 is 19.3 Å². The van der Waals surface area contributed by atoms with Crippen LogP contribution >= 0.6 is 15.9 Å². The van der Waals surface area contributed by atoms with E-state index in [-0.39, 0.29) is 18.7 Å². The van der Waals surface area contributed by atoms with Gasteiger partial charge in [0.1, 0.15) is 42.1 Å². The molecule has 1 aliphatic carbocycles. The van der Waals surface area contributed by atoms with Gasteiger partial charge in [-0.15, -0.1) is 0 Å². The summed E-state index contributed by atoms with van der Waals surface area (Å²) in [7, 11) is 0. The number of fused-ring (bicyclic) bond motifs is 2. The van der Waals surface area contributed by atoms with Crippen LogP contribution in [0.15, 0.2) is 47.3 Å². The van der Waals surface area contributed by atoms with Gasteiger partial charge < -0.3 is 31.0 Å². The molecule has 0 spiro atoms. The number of aliphatic hydroxyl groups is 2. The van der Waals surface area contributed by atoms with Gasteiger partial charge in [-0.3, -0.25) is 0 Å². The number of ether oxygens (including phenoxy) is 1. The summed E-state index contributed by atoms with van der Waals surface area (Å²) in [6, 6.07) is 8.56. The Morgan fingerprint density at radius 1 is 1.19 bits per heavy atom. The number of rotatable bonds is 4. The van der Waals surface area contributed by atoms with E-state index in [4.69, 9.17) is 16.2 Å². The number of nitrogen functional groups attached to an aromatic ring is 2. The van der Waals surface area contributed by atoms with Crippen molar-refractivity contribution in [2.24, 2.45) is 0 Å². The predicted molar refractivity (Wildman–Crippen MR) is 121 cm³/mol. The number of alkyl halides is 1. The maximum Gasteiger partial charge on any atom is 0.175 e. The number of nitrogens with zero attached hydrogens (tertiary/aromatic N) is 4. The van der Waals surface area contributed by atoms with Crippen molar-refractivity contribution in [2.75, 3.05) is 18.1 Å². The molecule has 6 N–H and O–H groups in total. The van der Waals surface area contributed by atoms with Crippen molar-refractivity contribution >= 4 is 49.5 Å². The average Bonchev–Trinajstić information content (AvgIpc) is 3.31. The normalized spacial score (nSPS) is 25.6. The highest BCUT2D eigenvalue weighted by atomic mass is 79.9. The lowest BCUT2D eigenvalue weighted by atomic mass is 10.0. The highest BCUT2D eigenvalue weighted by Crippen LogP contribution is 2.45. The van der Waals surface area contributed by atoms with Gasteiger partial charge in [-0.1, -0.05) is 0 Å². The van der Waals surface area contributed by atoms with E-state index in [2.05, 4.69) is 30.9 Å². The van der Waals surface area contributed by atoms with E-state index < -0.39 is 24.1 Å². The summed E-state index contributed by atoms with van der Waals surface area (Å²) in [6.07, 6.45) is 0.863. The van der Waals surface area contributed by atoms with Crippen LogP contribution in [-0.2, 0) is 5.72 Å². The first-order valence-electron chi connectivity index (χ1n) is 9.87. The van der Waals surface area contributed by atoms with Crippen molar-refractivity contribution in [3.63, 3.8) is 0 Å². The van der Waals surface area contributed by atoms with Gasteiger partial charge in [0.15, 0.2) is 11.4 Å². The molecule has 0 saturated heterocycles. The Hall–Kier alpha value is -3.02. The lowest BCUT2D eigenvalue weighted by Gasteiger charge is -2.33. The fraction of sp³-hybridized carbons (Fsp3) is 0.286. The standard InChI is InChI=1S/C21H20BrFN6O3/c22-14-7-11-1-2-12(8-15(11)28-17(14)25)32-9-20(23)4-5-21(31,19(20)30)29-6-3-13-16(24)26-10-27-18(13)29/h1-3,6-8,10,19,30-31H,4-5,9H2,(H2,25,28)(H2,24,26,27)/t19-,20+,21+/m1/s1. The molecule has 1 aromatic carbocycles. The Balaban J connectivity index is 1.39. The molecular weight excluding hydrogens is 483 g/mol. The van der Waals surface area contributed by atoms with E-state index in [1.54, 1.807) is 24.3 Å². The molecule has 5 rings (SSSR count). The number of hydrogen-bond donors (Lipinski definition) is 4. The van der Waals surface area contributed by atoms with Crippen LogP contribution in [0.1, 0.15) is 12.8 Å². The van der Waals surface area contributed by atoms with Gasteiger partial charge in [-0.25, -0.2) is 19.3 Å². The number of aliphatic hydroxyl groups excluding tert-OH is 1. The zero-order valence-corrected chi connectivity index (χ0v) is 18.3. The first kappa shape index (κ1) is 20.9. The summed E-state index contributed by atoms with van der Waals surface area (Å²) < 4.78 is 23.4. The number of anilines is 2. The van der Waals surface area contributed by atoms with Crippen LogP contribution in [0.5, 0.6) is 5.75 Å². The fourth-order valence-corrected chi connectivity index (χ4v) is 4.53. The van der Waals surface area contributed by atoms with E-state index >= 15 is 4.39 Å². The van der Waals surface area contributed by atoms with Gasteiger partial charge in [0.05, 0.1) is 15.4 Å². The molecule has 11 heteroatoms. The van der Waals surface area contributed by atoms with Gasteiger partial charge in [0.25, 0.3) is 0 Å². The third kappa shape index (κ3) is 3.15. The molecule has 1 saturated carbocycles. The molecule has 166 valence electrons. The molecule has 3 heterocycles. The minimum Gasteiger partial charge on any atom is -0.490 e. The van der Waals surface area contributed by atoms with Crippen LogP contribution in [-0.4, -0.2) is 48.1 Å². The quantitative estimate of drug-likeness (QED) is 0.333. The molecule has 0 bridgehead atoms. The molecule has 1 aliphatic rings. The van der Waals surface area contributed by atoms with Crippen LogP contribution in [0, 0.1) is 0 Å². The van der Waals surface area contributed by atoms with Crippen LogP contribution in [0.4, 0.5) is 16.0 Å². The summed E-state index contributed by atoms with van der Waals surface area (Å²) in [5.74, 6) is 0.937. The Bertz CT molecular complexity index is 1350. The van der Waals surface area contributed by atoms with E-state index in [1.165, 1.54) is 17.1 Å². The summed E-state index contributed by atoms with van der Waals surface area (Å²) in [6.45, 7) is -0.454. The molecule has 0 aliphatic heterocycles. The van der Waals surface area contributed by atoms with Crippen LogP contribution in [0.2, 0.25) is 0 Å². The molecular formula is C21H20BrFN6O3. The lowest BCUT2D eigenvalue weighted by Crippen LogP contribution is -2.50. The van der Waals surface area contributed by atoms with Crippen LogP contribution in [0.3, 0.4) is 0 Å². The van der Waals surface area contributed by atoms with Crippen LogP contribution < -0.4 is 16.2 Å². The number of aromatic nitrogens is 4. The largest absolute Gasteiger partial charge is 0.490 e. The summed E-state index contributed by atoms with van der Waals surface area (Å²) in [5, 5.41) is 23.4. The average molecular weight is 503 g/mol. The molecule has 4 aromatic rings. The Morgan fingerprint density at radius 2 is 2.00 bits per heavy atom. The lowest BCUT2D eigenvalue weighted by molar-refractivity contribution is -0.152. The number of benzene rings is 1. The zero-order chi connectivity index (χ0) is 22.7. The maximum atomic E-state index is 15.7. The predicted octanol–water partition coefficient (Wildman–Crippen LogP) is 2.49. The van der Waals surface area contributed by atoms with Crippen molar-refractivity contribution in [1.82, 2.24) is 19.5 Å². The van der Waals surface area contributed by atoms with Crippen molar-refractivity contribution in [3.05, 3.63) is 47.3 Å². The SMILES string of the molecule is Nc1nc2cc(OC[C@@]3(F)CC[C@@](O)(n4ccc5c(N)ncnc54)[C@@H]3O)ccc2cc1Br. The first-order chi connectivity index (χ1) is 15.2. The molecule has 3 aromatic heterocycles. The van der Waals surface area contributed by atoms with E-state index in [0.717, 1.165) is 5.39 Å². The number of halogens is 2. The Kier molecular flexibility index (Phi) is 4.73. The highest BCUT2D eigenvalue weighted by molar-refractivity contribution is 9.10. The number of hydrogen-bond acceptors (Lipinski definition) is 8. The molecule has 32 heavy (non-hydrogen) atoms. The Labute approximate surface area is 190 Å². The van der Waals surface area contributed by atoms with Gasteiger partial charge in [0.2, 0.25) is 0 Å². The smallest absolute Gasteiger partial charge is 0.175 e. The molecule has 3 atom stereocenters. The molecule has 9 nitrogen and oxygen atoms in total. The van der Waals surface area contributed by atoms with E-state index in [1.807, 2.05) is 6.07 Å². The van der Waals surface area contributed by atoms with Crippen molar-refractivity contribution in [1.29, 1.82) is 0 Å². The second-order valence-corrected chi connectivity index (χ2v) is 8.85. The highest BCUT2D eigenvalue weighted by Gasteiger charge is 2.59. The van der Waals surface area contributed by atoms with E-state index in [0.29, 0.717) is 32.6 Å². The summed E-state index contributed by atoms with van der Waals surface area (Å²) >= 11 is 3.33. The summed E-state index contributed by atoms with van der Waals surface area (Å²) in [4.78, 5) is 12.3. The molecule has 0 unspecified atom stereocenters. The molecule has 0 amide bonds. The fourth-order valence-electron chi connectivity index (χ4n) is 4.20. The second-order valence-electron chi connectivity index (χ2n) is 8.00. The minimum atomic E-state index is -2.19. The van der Waals surface area contributed by atoms with Crippen molar-refractivity contribution in [2.45, 2.75) is 30.3 Å². The minimum absolute atomic E-state index is 0.0362. The number of nitrogens with two attached hydrogens (primary N) is 2. The zero-order valence-electron chi connectivity index (χ0n) is 16.7. The molecule has 1 fully saturated rings. The van der Waals surface area contributed by atoms with E-state index in [9.17, 15) is 10.2 Å². The van der Waals surface area contributed by atoms with Gasteiger partial charge in [0, 0.05) is 24.1 Å². The maximum absolute atomic E-state index is 15.7. The second kappa shape index (κ2) is 7.26. The van der Waals surface area contributed by atoms with Crippen LogP contribution in [0.25, 0.3) is 21.9 Å². The first-order valence-corrected chi connectivity index (χ1v) is 10.7.